The second-order valence-electron chi connectivity index (χ2n) is 7.98. The van der Waals surface area contributed by atoms with Crippen LogP contribution >= 0.6 is 0 Å². The first-order valence-electron chi connectivity index (χ1n) is 10.5. The Morgan fingerprint density at radius 3 is 2.67 bits per heavy atom. The standard InChI is InChI=1S/C24H25N5O/c1-16-22(17(2)29(27-16)15-18-9-4-3-5-10-18)24(30)28-14-8-13-21(28)23-25-19-11-6-7-12-20(19)26-23/h3-7,9-12,21H,8,13-15H2,1-2H3,(H,25,26)/t21-/m0/s1. The van der Waals surface area contributed by atoms with Gasteiger partial charge in [-0.3, -0.25) is 9.48 Å². The number of H-pyrrole nitrogens is 1. The summed E-state index contributed by atoms with van der Waals surface area (Å²) in [6.45, 7) is 5.31. The van der Waals surface area contributed by atoms with E-state index in [4.69, 9.17) is 4.98 Å². The summed E-state index contributed by atoms with van der Waals surface area (Å²) < 4.78 is 1.93. The maximum Gasteiger partial charge on any atom is 0.258 e. The van der Waals surface area contributed by atoms with E-state index in [9.17, 15) is 4.79 Å². The molecule has 1 fully saturated rings. The van der Waals surface area contributed by atoms with Crippen molar-refractivity contribution in [2.24, 2.45) is 0 Å². The van der Waals surface area contributed by atoms with Gasteiger partial charge in [-0.2, -0.15) is 5.10 Å². The van der Waals surface area contributed by atoms with E-state index in [1.54, 1.807) is 0 Å². The smallest absolute Gasteiger partial charge is 0.258 e. The second kappa shape index (κ2) is 7.44. The number of imidazole rings is 1. The zero-order valence-electron chi connectivity index (χ0n) is 17.3. The highest BCUT2D eigenvalue weighted by Gasteiger charge is 2.35. The minimum absolute atomic E-state index is 0.0267. The number of aryl methyl sites for hydroxylation is 1. The van der Waals surface area contributed by atoms with Gasteiger partial charge in [0.05, 0.1) is 34.9 Å². The lowest BCUT2D eigenvalue weighted by Crippen LogP contribution is -2.32. The van der Waals surface area contributed by atoms with Crippen LogP contribution in [0.1, 0.15) is 52.0 Å². The highest BCUT2D eigenvalue weighted by molar-refractivity contribution is 5.97. The second-order valence-corrected chi connectivity index (χ2v) is 7.98. The summed E-state index contributed by atoms with van der Waals surface area (Å²) in [4.78, 5) is 23.7. The van der Waals surface area contributed by atoms with Crippen LogP contribution in [0.15, 0.2) is 54.6 Å². The third-order valence-electron chi connectivity index (χ3n) is 6.01. The molecule has 30 heavy (non-hydrogen) atoms. The van der Waals surface area contributed by atoms with Crippen molar-refractivity contribution >= 4 is 16.9 Å². The fourth-order valence-electron chi connectivity index (χ4n) is 4.48. The maximum atomic E-state index is 13.6. The topological polar surface area (TPSA) is 66.8 Å². The average molecular weight is 399 g/mol. The van der Waals surface area contributed by atoms with E-state index in [0.29, 0.717) is 12.1 Å². The van der Waals surface area contributed by atoms with E-state index in [-0.39, 0.29) is 11.9 Å². The van der Waals surface area contributed by atoms with Crippen LogP contribution < -0.4 is 0 Å². The van der Waals surface area contributed by atoms with Crippen LogP contribution in [0.4, 0.5) is 0 Å². The number of amides is 1. The van der Waals surface area contributed by atoms with Gasteiger partial charge < -0.3 is 9.88 Å². The Bertz CT molecular complexity index is 1170. The van der Waals surface area contributed by atoms with E-state index >= 15 is 0 Å². The van der Waals surface area contributed by atoms with Crippen molar-refractivity contribution < 1.29 is 4.79 Å². The Morgan fingerprint density at radius 2 is 1.87 bits per heavy atom. The molecule has 0 saturated carbocycles. The van der Waals surface area contributed by atoms with Gasteiger partial charge in [0.2, 0.25) is 0 Å². The first-order chi connectivity index (χ1) is 14.6. The summed E-state index contributed by atoms with van der Waals surface area (Å²) in [5.41, 5.74) is 5.53. The molecule has 1 aliphatic heterocycles. The third kappa shape index (κ3) is 3.18. The Morgan fingerprint density at radius 1 is 1.10 bits per heavy atom. The number of hydrogen-bond acceptors (Lipinski definition) is 3. The lowest BCUT2D eigenvalue weighted by Gasteiger charge is -2.23. The molecule has 2 aromatic carbocycles. The minimum Gasteiger partial charge on any atom is -0.340 e. The van der Waals surface area contributed by atoms with Crippen molar-refractivity contribution in [1.29, 1.82) is 0 Å². The highest BCUT2D eigenvalue weighted by atomic mass is 16.2. The Balaban J connectivity index is 1.45. The van der Waals surface area contributed by atoms with Crippen LogP contribution in [0.3, 0.4) is 0 Å². The predicted octanol–water partition coefficient (Wildman–Crippen LogP) is 4.40. The van der Waals surface area contributed by atoms with Gasteiger partial charge >= 0.3 is 0 Å². The molecule has 2 aromatic heterocycles. The van der Waals surface area contributed by atoms with E-state index < -0.39 is 0 Å². The number of likely N-dealkylation sites (tertiary alicyclic amines) is 1. The summed E-state index contributed by atoms with van der Waals surface area (Å²) in [5.74, 6) is 0.918. The molecule has 5 rings (SSSR count). The average Bonchev–Trinajstić information content (AvgIpc) is 3.46. The number of benzene rings is 2. The summed E-state index contributed by atoms with van der Waals surface area (Å²) >= 11 is 0. The molecular weight excluding hydrogens is 374 g/mol. The lowest BCUT2D eigenvalue weighted by atomic mass is 10.1. The number of carbonyl (C=O) groups excluding carboxylic acids is 1. The van der Waals surface area contributed by atoms with Crippen LogP contribution in [-0.2, 0) is 6.54 Å². The molecule has 3 heterocycles. The number of hydrogen-bond donors (Lipinski definition) is 1. The van der Waals surface area contributed by atoms with Gasteiger partial charge in [-0.05, 0) is 44.4 Å². The van der Waals surface area contributed by atoms with Crippen LogP contribution in [0.5, 0.6) is 0 Å². The van der Waals surface area contributed by atoms with Gasteiger partial charge in [-0.15, -0.1) is 0 Å². The van der Waals surface area contributed by atoms with E-state index in [1.165, 1.54) is 5.56 Å². The fourth-order valence-corrected chi connectivity index (χ4v) is 4.48. The van der Waals surface area contributed by atoms with Crippen molar-refractivity contribution in [2.75, 3.05) is 6.54 Å². The van der Waals surface area contributed by atoms with Crippen molar-refractivity contribution in [3.8, 4) is 0 Å². The molecule has 1 saturated heterocycles. The maximum absolute atomic E-state index is 13.6. The third-order valence-corrected chi connectivity index (χ3v) is 6.01. The number of carbonyl (C=O) groups is 1. The van der Waals surface area contributed by atoms with Crippen LogP contribution in [0, 0.1) is 13.8 Å². The van der Waals surface area contributed by atoms with Crippen molar-refractivity contribution in [2.45, 2.75) is 39.3 Å². The molecular formula is C24H25N5O. The Kier molecular flexibility index (Phi) is 4.62. The first-order valence-corrected chi connectivity index (χ1v) is 10.5. The van der Waals surface area contributed by atoms with Crippen molar-refractivity contribution in [3.63, 3.8) is 0 Å². The van der Waals surface area contributed by atoms with Gasteiger partial charge in [0.15, 0.2) is 0 Å². The molecule has 0 radical (unpaired) electrons. The lowest BCUT2D eigenvalue weighted by molar-refractivity contribution is 0.0729. The van der Waals surface area contributed by atoms with Gasteiger partial charge in [-0.1, -0.05) is 42.5 Å². The fraction of sp³-hybridized carbons (Fsp3) is 0.292. The summed E-state index contributed by atoms with van der Waals surface area (Å²) in [7, 11) is 0. The zero-order chi connectivity index (χ0) is 20.7. The molecule has 6 heteroatoms. The molecule has 4 aromatic rings. The molecule has 1 amide bonds. The molecule has 1 aliphatic rings. The van der Waals surface area contributed by atoms with E-state index in [1.807, 2.05) is 65.9 Å². The highest BCUT2D eigenvalue weighted by Crippen LogP contribution is 2.33. The number of aromatic nitrogens is 4. The number of nitrogens with one attached hydrogen (secondary N) is 1. The number of fused-ring (bicyclic) bond motifs is 1. The van der Waals surface area contributed by atoms with Gasteiger partial charge in [-0.25, -0.2) is 4.98 Å². The summed E-state index contributed by atoms with van der Waals surface area (Å²) in [6, 6.07) is 18.2. The molecule has 0 unspecified atom stereocenters. The predicted molar refractivity (Wildman–Crippen MR) is 116 cm³/mol. The SMILES string of the molecule is Cc1nn(Cc2ccccc2)c(C)c1C(=O)N1CCC[C@H]1c1nc2ccccc2[nH]1. The zero-order valence-corrected chi connectivity index (χ0v) is 17.3. The van der Waals surface area contributed by atoms with E-state index in [0.717, 1.165) is 47.6 Å². The summed E-state index contributed by atoms with van der Waals surface area (Å²) in [5, 5.41) is 4.68. The number of aromatic amines is 1. The van der Waals surface area contributed by atoms with Gasteiger partial charge in [0, 0.05) is 12.2 Å². The van der Waals surface area contributed by atoms with Crippen LogP contribution in [0.25, 0.3) is 11.0 Å². The Hall–Kier alpha value is -3.41. The normalized spacial score (nSPS) is 16.5. The molecule has 152 valence electrons. The molecule has 0 aliphatic carbocycles. The summed E-state index contributed by atoms with van der Waals surface area (Å²) in [6.07, 6.45) is 1.89. The largest absolute Gasteiger partial charge is 0.340 e. The van der Waals surface area contributed by atoms with Crippen molar-refractivity contribution in [1.82, 2.24) is 24.6 Å². The van der Waals surface area contributed by atoms with Gasteiger partial charge in [0.25, 0.3) is 5.91 Å². The number of para-hydroxylation sites is 2. The number of rotatable bonds is 4. The molecule has 6 nitrogen and oxygen atoms in total. The molecule has 0 spiro atoms. The van der Waals surface area contributed by atoms with Crippen LogP contribution in [0.2, 0.25) is 0 Å². The Labute approximate surface area is 175 Å². The van der Waals surface area contributed by atoms with Crippen molar-refractivity contribution in [3.05, 3.63) is 82.9 Å². The minimum atomic E-state index is -0.0267. The monoisotopic (exact) mass is 399 g/mol. The van der Waals surface area contributed by atoms with Gasteiger partial charge in [0.1, 0.15) is 5.82 Å². The quantitative estimate of drug-likeness (QED) is 0.553. The van der Waals surface area contributed by atoms with Crippen LogP contribution in [-0.4, -0.2) is 37.1 Å². The molecule has 1 N–H and O–H groups in total. The molecule has 1 atom stereocenters. The molecule has 0 bridgehead atoms. The number of nitrogens with zero attached hydrogens (tertiary/aromatic N) is 4. The first kappa shape index (κ1) is 18.6. The van der Waals surface area contributed by atoms with E-state index in [2.05, 4.69) is 22.2 Å².